The van der Waals surface area contributed by atoms with Crippen LogP contribution < -0.4 is 10.6 Å². The van der Waals surface area contributed by atoms with Gasteiger partial charge in [0.15, 0.2) is 0 Å². The number of anilines is 1. The Balaban J connectivity index is 1.90. The van der Waals surface area contributed by atoms with Crippen LogP contribution in [0.3, 0.4) is 0 Å². The third-order valence-corrected chi connectivity index (χ3v) is 3.36. The first kappa shape index (κ1) is 13.9. The quantitative estimate of drug-likeness (QED) is 0.818. The molecule has 4 heteroatoms. The van der Waals surface area contributed by atoms with Gasteiger partial charge < -0.3 is 10.6 Å². The molecule has 0 aromatic heterocycles. The Morgan fingerprint density at radius 3 is 3.11 bits per heavy atom. The standard InChI is InChI=1S/C15H23N3O/c1-3-8-16-14(19)11-18(2)10-13-6-4-5-12-7-9-17-15(12)13/h4-6,17H,3,7-11H2,1-2H3,(H,16,19). The third-order valence-electron chi connectivity index (χ3n) is 3.36. The molecule has 2 N–H and O–H groups in total. The summed E-state index contributed by atoms with van der Waals surface area (Å²) in [6.45, 7) is 5.09. The molecule has 0 bridgehead atoms. The predicted octanol–water partition coefficient (Wildman–Crippen LogP) is 1.61. The number of amides is 1. The lowest BCUT2D eigenvalue weighted by Gasteiger charge is -2.18. The highest BCUT2D eigenvalue weighted by molar-refractivity contribution is 5.78. The van der Waals surface area contributed by atoms with Crippen LogP contribution in [0.5, 0.6) is 0 Å². The Kier molecular flexibility index (Phi) is 4.80. The number of para-hydroxylation sites is 1. The molecule has 0 radical (unpaired) electrons. The number of likely N-dealkylation sites (N-methyl/N-ethyl adjacent to an activating group) is 1. The van der Waals surface area contributed by atoms with Gasteiger partial charge in [-0.3, -0.25) is 9.69 Å². The van der Waals surface area contributed by atoms with Crippen LogP contribution >= 0.6 is 0 Å². The van der Waals surface area contributed by atoms with Crippen molar-refractivity contribution in [3.8, 4) is 0 Å². The molecule has 0 saturated carbocycles. The summed E-state index contributed by atoms with van der Waals surface area (Å²) < 4.78 is 0. The molecule has 0 aliphatic carbocycles. The minimum atomic E-state index is 0.102. The molecular formula is C15H23N3O. The van der Waals surface area contributed by atoms with Crippen LogP contribution in [0.1, 0.15) is 24.5 Å². The maximum absolute atomic E-state index is 11.7. The molecular weight excluding hydrogens is 238 g/mol. The van der Waals surface area contributed by atoms with E-state index in [9.17, 15) is 4.79 Å². The number of rotatable bonds is 6. The van der Waals surface area contributed by atoms with Gasteiger partial charge in [0, 0.05) is 25.3 Å². The van der Waals surface area contributed by atoms with Crippen LogP contribution in [0.25, 0.3) is 0 Å². The maximum Gasteiger partial charge on any atom is 0.234 e. The number of hydrogen-bond donors (Lipinski definition) is 2. The van der Waals surface area contributed by atoms with E-state index in [0.717, 1.165) is 32.5 Å². The van der Waals surface area contributed by atoms with Gasteiger partial charge in [-0.1, -0.05) is 25.1 Å². The summed E-state index contributed by atoms with van der Waals surface area (Å²) in [4.78, 5) is 13.7. The zero-order valence-electron chi connectivity index (χ0n) is 11.8. The first-order valence-electron chi connectivity index (χ1n) is 7.00. The smallest absolute Gasteiger partial charge is 0.234 e. The molecule has 0 atom stereocenters. The molecule has 19 heavy (non-hydrogen) atoms. The summed E-state index contributed by atoms with van der Waals surface area (Å²) in [6.07, 6.45) is 2.08. The van der Waals surface area contributed by atoms with Gasteiger partial charge in [-0.25, -0.2) is 0 Å². The molecule has 104 valence electrons. The molecule has 0 fully saturated rings. The van der Waals surface area contributed by atoms with Gasteiger partial charge in [0.1, 0.15) is 0 Å². The first-order valence-corrected chi connectivity index (χ1v) is 7.00. The Morgan fingerprint density at radius 1 is 1.47 bits per heavy atom. The highest BCUT2D eigenvalue weighted by Gasteiger charge is 2.15. The summed E-state index contributed by atoms with van der Waals surface area (Å²) in [5, 5.41) is 6.34. The predicted molar refractivity (Wildman–Crippen MR) is 78.3 cm³/mol. The fraction of sp³-hybridized carbons (Fsp3) is 0.533. The van der Waals surface area contributed by atoms with E-state index in [1.54, 1.807) is 0 Å². The van der Waals surface area contributed by atoms with Crippen LogP contribution in [0.15, 0.2) is 18.2 Å². The van der Waals surface area contributed by atoms with E-state index >= 15 is 0 Å². The van der Waals surface area contributed by atoms with Crippen molar-refractivity contribution in [2.24, 2.45) is 0 Å². The molecule has 4 nitrogen and oxygen atoms in total. The van der Waals surface area contributed by atoms with Gasteiger partial charge in [-0.05, 0) is 31.0 Å². The Labute approximate surface area is 115 Å². The average molecular weight is 261 g/mol. The summed E-state index contributed by atoms with van der Waals surface area (Å²) in [7, 11) is 1.99. The number of nitrogens with one attached hydrogen (secondary N) is 2. The van der Waals surface area contributed by atoms with Crippen LogP contribution in [-0.2, 0) is 17.8 Å². The lowest BCUT2D eigenvalue weighted by atomic mass is 10.1. The highest BCUT2D eigenvalue weighted by atomic mass is 16.2. The SMILES string of the molecule is CCCNC(=O)CN(C)Cc1cccc2c1NCC2. The largest absolute Gasteiger partial charge is 0.384 e. The second kappa shape index (κ2) is 6.57. The Bertz CT molecular complexity index is 445. The van der Waals surface area contributed by atoms with Crippen molar-refractivity contribution in [1.29, 1.82) is 0 Å². The topological polar surface area (TPSA) is 44.4 Å². The monoisotopic (exact) mass is 261 g/mol. The molecule has 1 heterocycles. The van der Waals surface area contributed by atoms with Crippen LogP contribution in [0.2, 0.25) is 0 Å². The lowest BCUT2D eigenvalue weighted by molar-refractivity contribution is -0.122. The Morgan fingerprint density at radius 2 is 2.32 bits per heavy atom. The molecule has 2 rings (SSSR count). The van der Waals surface area contributed by atoms with Crippen molar-refractivity contribution in [3.63, 3.8) is 0 Å². The van der Waals surface area contributed by atoms with Crippen LogP contribution in [0, 0.1) is 0 Å². The number of benzene rings is 1. The van der Waals surface area contributed by atoms with Gasteiger partial charge in [-0.15, -0.1) is 0 Å². The van der Waals surface area contributed by atoms with Crippen molar-refractivity contribution < 1.29 is 4.79 Å². The molecule has 0 unspecified atom stereocenters. The number of carbonyl (C=O) groups excluding carboxylic acids is 1. The molecule has 0 saturated heterocycles. The van der Waals surface area contributed by atoms with Crippen molar-refractivity contribution in [1.82, 2.24) is 10.2 Å². The summed E-state index contributed by atoms with van der Waals surface area (Å²) in [6, 6.07) is 6.41. The zero-order valence-corrected chi connectivity index (χ0v) is 11.8. The van der Waals surface area contributed by atoms with Gasteiger partial charge in [-0.2, -0.15) is 0 Å². The van der Waals surface area contributed by atoms with E-state index in [2.05, 4.69) is 40.7 Å². The summed E-state index contributed by atoms with van der Waals surface area (Å²) in [5.74, 6) is 0.102. The van der Waals surface area contributed by atoms with E-state index in [0.29, 0.717) is 6.54 Å². The molecule has 1 aliphatic heterocycles. The van der Waals surface area contributed by atoms with Crippen LogP contribution in [-0.4, -0.2) is 37.5 Å². The second-order valence-electron chi connectivity index (χ2n) is 5.15. The van der Waals surface area contributed by atoms with Gasteiger partial charge in [0.2, 0.25) is 5.91 Å². The van der Waals surface area contributed by atoms with E-state index in [-0.39, 0.29) is 5.91 Å². The minimum Gasteiger partial charge on any atom is -0.384 e. The fourth-order valence-electron chi connectivity index (χ4n) is 2.45. The normalized spacial score (nSPS) is 13.2. The third kappa shape index (κ3) is 3.70. The second-order valence-corrected chi connectivity index (χ2v) is 5.15. The lowest BCUT2D eigenvalue weighted by Crippen LogP contribution is -2.35. The van der Waals surface area contributed by atoms with Gasteiger partial charge >= 0.3 is 0 Å². The number of hydrogen-bond acceptors (Lipinski definition) is 3. The van der Waals surface area contributed by atoms with E-state index in [1.165, 1.54) is 16.8 Å². The summed E-state index contributed by atoms with van der Waals surface area (Å²) >= 11 is 0. The van der Waals surface area contributed by atoms with Gasteiger partial charge in [0.25, 0.3) is 0 Å². The molecule has 1 aliphatic rings. The van der Waals surface area contributed by atoms with Crippen molar-refractivity contribution in [3.05, 3.63) is 29.3 Å². The molecule has 1 aromatic carbocycles. The zero-order chi connectivity index (χ0) is 13.7. The van der Waals surface area contributed by atoms with Crippen molar-refractivity contribution in [2.45, 2.75) is 26.3 Å². The van der Waals surface area contributed by atoms with E-state index < -0.39 is 0 Å². The van der Waals surface area contributed by atoms with Crippen LogP contribution in [0.4, 0.5) is 5.69 Å². The number of nitrogens with zero attached hydrogens (tertiary/aromatic N) is 1. The number of carbonyl (C=O) groups is 1. The molecule has 1 amide bonds. The average Bonchev–Trinajstić information content (AvgIpc) is 2.85. The van der Waals surface area contributed by atoms with Gasteiger partial charge in [0.05, 0.1) is 6.54 Å². The maximum atomic E-state index is 11.7. The van der Waals surface area contributed by atoms with E-state index in [4.69, 9.17) is 0 Å². The first-order chi connectivity index (χ1) is 9.20. The van der Waals surface area contributed by atoms with E-state index in [1.807, 2.05) is 7.05 Å². The Hall–Kier alpha value is -1.55. The number of fused-ring (bicyclic) bond motifs is 1. The van der Waals surface area contributed by atoms with Crippen molar-refractivity contribution in [2.75, 3.05) is 32.0 Å². The molecule has 1 aromatic rings. The molecule has 0 spiro atoms. The minimum absolute atomic E-state index is 0.102. The van der Waals surface area contributed by atoms with Crippen molar-refractivity contribution >= 4 is 11.6 Å². The summed E-state index contributed by atoms with van der Waals surface area (Å²) in [5.41, 5.74) is 3.94. The highest BCUT2D eigenvalue weighted by Crippen LogP contribution is 2.26. The fourth-order valence-corrected chi connectivity index (χ4v) is 2.45.